The van der Waals surface area contributed by atoms with Gasteiger partial charge < -0.3 is 25.0 Å². The fraction of sp³-hybridized carbons (Fsp3) is 0.381. The number of hydrogen-bond acceptors (Lipinski definition) is 5. The monoisotopic (exact) mass is 423 g/mol. The molecule has 162 valence electrons. The molecule has 1 fully saturated rings. The van der Waals surface area contributed by atoms with E-state index in [1.54, 1.807) is 19.1 Å². The zero-order chi connectivity index (χ0) is 21.6. The summed E-state index contributed by atoms with van der Waals surface area (Å²) in [6.07, 6.45) is -4.48. The molecule has 3 rings (SSSR count). The maximum atomic E-state index is 13.0. The van der Waals surface area contributed by atoms with Crippen LogP contribution in [0.1, 0.15) is 12.5 Å². The highest BCUT2D eigenvalue weighted by molar-refractivity contribution is 5.94. The van der Waals surface area contributed by atoms with Gasteiger partial charge in [-0.25, -0.2) is 0 Å². The molecule has 0 aromatic heterocycles. The van der Waals surface area contributed by atoms with Gasteiger partial charge in [0.1, 0.15) is 5.75 Å². The van der Waals surface area contributed by atoms with Crippen molar-refractivity contribution in [2.75, 3.05) is 55.0 Å². The Balaban J connectivity index is 1.60. The van der Waals surface area contributed by atoms with E-state index in [0.29, 0.717) is 25.5 Å². The van der Waals surface area contributed by atoms with Gasteiger partial charge in [0.25, 0.3) is 0 Å². The number of carbonyl (C=O) groups excluding carboxylic acids is 1. The summed E-state index contributed by atoms with van der Waals surface area (Å²) >= 11 is 0. The van der Waals surface area contributed by atoms with Crippen LogP contribution < -0.4 is 20.3 Å². The van der Waals surface area contributed by atoms with E-state index in [9.17, 15) is 18.0 Å². The molecule has 30 heavy (non-hydrogen) atoms. The number of nitrogens with zero attached hydrogens (tertiary/aromatic N) is 1. The van der Waals surface area contributed by atoms with Gasteiger partial charge >= 0.3 is 6.18 Å². The molecule has 1 amide bonds. The molecule has 2 aromatic rings. The smallest absolute Gasteiger partial charge is 0.416 e. The lowest BCUT2D eigenvalue weighted by molar-refractivity contribution is -0.137. The Kier molecular flexibility index (Phi) is 7.04. The molecule has 0 radical (unpaired) electrons. The predicted octanol–water partition coefficient (Wildman–Crippen LogP) is 3.99. The third kappa shape index (κ3) is 5.79. The van der Waals surface area contributed by atoms with Crippen molar-refractivity contribution in [2.24, 2.45) is 0 Å². The number of hydrogen-bond donors (Lipinski definition) is 2. The summed E-state index contributed by atoms with van der Waals surface area (Å²) in [6, 6.07) is 10.5. The quantitative estimate of drug-likeness (QED) is 0.705. The molecule has 2 N–H and O–H groups in total. The number of nitrogens with one attached hydrogen (secondary N) is 2. The third-order valence-corrected chi connectivity index (χ3v) is 4.57. The van der Waals surface area contributed by atoms with E-state index in [1.165, 1.54) is 6.07 Å². The van der Waals surface area contributed by atoms with Crippen LogP contribution in [0.15, 0.2) is 42.5 Å². The number of amides is 1. The zero-order valence-electron chi connectivity index (χ0n) is 16.6. The lowest BCUT2D eigenvalue weighted by Gasteiger charge is -2.28. The van der Waals surface area contributed by atoms with E-state index in [0.717, 1.165) is 30.9 Å². The summed E-state index contributed by atoms with van der Waals surface area (Å²) in [5.74, 6) is -0.123. The molecular formula is C21H24F3N3O3. The van der Waals surface area contributed by atoms with Crippen LogP contribution in [0.3, 0.4) is 0 Å². The van der Waals surface area contributed by atoms with Crippen LogP contribution in [0.5, 0.6) is 5.75 Å². The topological polar surface area (TPSA) is 62.8 Å². The Morgan fingerprint density at radius 2 is 1.83 bits per heavy atom. The second-order valence-corrected chi connectivity index (χ2v) is 6.69. The van der Waals surface area contributed by atoms with Crippen LogP contribution in [0.2, 0.25) is 0 Å². The van der Waals surface area contributed by atoms with Crippen molar-refractivity contribution in [3.8, 4) is 5.75 Å². The maximum Gasteiger partial charge on any atom is 0.416 e. The highest BCUT2D eigenvalue weighted by Gasteiger charge is 2.31. The minimum atomic E-state index is -4.48. The summed E-state index contributed by atoms with van der Waals surface area (Å²) in [6.45, 7) is 4.82. The molecule has 0 saturated carbocycles. The Morgan fingerprint density at radius 3 is 2.47 bits per heavy atom. The highest BCUT2D eigenvalue weighted by Crippen LogP contribution is 2.35. The molecule has 9 heteroatoms. The van der Waals surface area contributed by atoms with Gasteiger partial charge in [0.15, 0.2) is 0 Å². The summed E-state index contributed by atoms with van der Waals surface area (Å²) in [4.78, 5) is 14.5. The van der Waals surface area contributed by atoms with Crippen molar-refractivity contribution >= 4 is 23.0 Å². The number of ether oxygens (including phenoxy) is 2. The molecule has 0 spiro atoms. The van der Waals surface area contributed by atoms with Crippen molar-refractivity contribution in [1.82, 2.24) is 0 Å². The van der Waals surface area contributed by atoms with E-state index in [4.69, 9.17) is 9.47 Å². The van der Waals surface area contributed by atoms with E-state index in [-0.39, 0.29) is 23.9 Å². The lowest BCUT2D eigenvalue weighted by atomic mass is 10.1. The predicted molar refractivity (Wildman–Crippen MR) is 109 cm³/mol. The number of morpholine rings is 1. The average molecular weight is 423 g/mol. The minimum absolute atomic E-state index is 0.115. The van der Waals surface area contributed by atoms with Crippen LogP contribution in [0.25, 0.3) is 0 Å². The van der Waals surface area contributed by atoms with E-state index in [1.807, 2.05) is 12.1 Å². The van der Waals surface area contributed by atoms with Crippen LogP contribution >= 0.6 is 0 Å². The van der Waals surface area contributed by atoms with Gasteiger partial charge in [0.2, 0.25) is 5.91 Å². The Labute approximate surface area is 173 Å². The first-order chi connectivity index (χ1) is 14.4. The molecule has 6 nitrogen and oxygen atoms in total. The summed E-state index contributed by atoms with van der Waals surface area (Å²) in [5, 5.41) is 5.47. The fourth-order valence-electron chi connectivity index (χ4n) is 3.08. The van der Waals surface area contributed by atoms with Gasteiger partial charge in [0, 0.05) is 24.5 Å². The van der Waals surface area contributed by atoms with Gasteiger partial charge in [-0.3, -0.25) is 4.79 Å². The molecule has 0 atom stereocenters. The van der Waals surface area contributed by atoms with Crippen molar-refractivity contribution in [1.29, 1.82) is 0 Å². The molecule has 0 aliphatic carbocycles. The molecule has 0 unspecified atom stereocenters. The number of carbonyl (C=O) groups is 1. The Morgan fingerprint density at radius 1 is 1.13 bits per heavy atom. The summed E-state index contributed by atoms with van der Waals surface area (Å²) < 4.78 is 49.6. The van der Waals surface area contributed by atoms with E-state index >= 15 is 0 Å². The Bertz CT molecular complexity index is 851. The normalized spacial score (nSPS) is 14.3. The molecule has 1 aliphatic rings. The number of benzene rings is 2. The molecule has 0 bridgehead atoms. The summed E-state index contributed by atoms with van der Waals surface area (Å²) in [5.41, 5.74) is 0.949. The van der Waals surface area contributed by atoms with Crippen molar-refractivity contribution < 1.29 is 27.4 Å². The SMILES string of the molecule is CCOc1ccc(C(F)(F)F)cc1NCC(=O)Nc1ccc(N2CCOCC2)cc1. The number of alkyl halides is 3. The zero-order valence-corrected chi connectivity index (χ0v) is 16.6. The van der Waals surface area contributed by atoms with Crippen LogP contribution in [0.4, 0.5) is 30.2 Å². The van der Waals surface area contributed by atoms with Gasteiger partial charge in [-0.05, 0) is 49.4 Å². The van der Waals surface area contributed by atoms with E-state index in [2.05, 4.69) is 15.5 Å². The van der Waals surface area contributed by atoms with Gasteiger partial charge in [-0.1, -0.05) is 0 Å². The number of halogens is 3. The standard InChI is InChI=1S/C21H24F3N3O3/c1-2-30-19-8-3-15(21(22,23)24)13-18(19)25-14-20(28)26-16-4-6-17(7-5-16)27-9-11-29-12-10-27/h3-8,13,25H,2,9-12,14H2,1H3,(H,26,28). The van der Waals surface area contributed by atoms with E-state index < -0.39 is 11.7 Å². The third-order valence-electron chi connectivity index (χ3n) is 4.57. The highest BCUT2D eigenvalue weighted by atomic mass is 19.4. The van der Waals surface area contributed by atoms with Gasteiger partial charge in [-0.2, -0.15) is 13.2 Å². The Hall–Kier alpha value is -2.94. The van der Waals surface area contributed by atoms with Gasteiger partial charge in [0.05, 0.1) is 37.6 Å². The second-order valence-electron chi connectivity index (χ2n) is 6.69. The van der Waals surface area contributed by atoms with Gasteiger partial charge in [-0.15, -0.1) is 0 Å². The first-order valence-electron chi connectivity index (χ1n) is 9.67. The lowest BCUT2D eigenvalue weighted by Crippen LogP contribution is -2.36. The minimum Gasteiger partial charge on any atom is -0.492 e. The van der Waals surface area contributed by atoms with Crippen molar-refractivity contribution in [2.45, 2.75) is 13.1 Å². The maximum absolute atomic E-state index is 13.0. The summed E-state index contributed by atoms with van der Waals surface area (Å²) in [7, 11) is 0. The molecule has 1 heterocycles. The first-order valence-corrected chi connectivity index (χ1v) is 9.67. The van der Waals surface area contributed by atoms with Crippen LogP contribution in [-0.2, 0) is 15.7 Å². The molecule has 2 aromatic carbocycles. The molecule has 1 aliphatic heterocycles. The largest absolute Gasteiger partial charge is 0.492 e. The fourth-order valence-corrected chi connectivity index (χ4v) is 3.08. The van der Waals surface area contributed by atoms with Crippen LogP contribution in [0, 0.1) is 0 Å². The van der Waals surface area contributed by atoms with Crippen molar-refractivity contribution in [3.05, 3.63) is 48.0 Å². The van der Waals surface area contributed by atoms with Crippen LogP contribution in [-0.4, -0.2) is 45.4 Å². The second kappa shape index (κ2) is 9.71. The first kappa shape index (κ1) is 21.8. The average Bonchev–Trinajstić information content (AvgIpc) is 2.73. The number of anilines is 3. The number of rotatable bonds is 7. The molecular weight excluding hydrogens is 399 g/mol. The molecule has 1 saturated heterocycles. The van der Waals surface area contributed by atoms with Crippen molar-refractivity contribution in [3.63, 3.8) is 0 Å².